The fourth-order valence-electron chi connectivity index (χ4n) is 1.97. The molecule has 3 N–H and O–H groups in total. The second-order valence-corrected chi connectivity index (χ2v) is 6.78. The monoisotopic (exact) mass is 468 g/mol. The number of nitrogens with one attached hydrogen (secondary N) is 1. The Labute approximate surface area is 144 Å². The summed E-state index contributed by atoms with van der Waals surface area (Å²) in [5.74, 6) is 5.23. The van der Waals surface area contributed by atoms with Crippen LogP contribution in [0.3, 0.4) is 0 Å². The molecule has 0 radical (unpaired) electrons. The lowest BCUT2D eigenvalue weighted by molar-refractivity contribution is 0.546. The van der Waals surface area contributed by atoms with Crippen molar-refractivity contribution >= 4 is 50.1 Å². The molecule has 20 heavy (non-hydrogen) atoms. The van der Waals surface area contributed by atoms with Crippen molar-refractivity contribution in [3.63, 3.8) is 0 Å². The third-order valence-electron chi connectivity index (χ3n) is 2.99. The highest BCUT2D eigenvalue weighted by atomic mass is 127. The molecule has 0 aliphatic carbocycles. The van der Waals surface area contributed by atoms with E-state index in [1.54, 1.807) is 12.1 Å². The van der Waals surface area contributed by atoms with Gasteiger partial charge in [-0.15, -0.1) is 0 Å². The minimum atomic E-state index is -0.415. The molecular formula is C14H12BrClFIN2. The highest BCUT2D eigenvalue weighted by Crippen LogP contribution is 2.30. The third kappa shape index (κ3) is 3.71. The molecule has 2 rings (SSSR count). The number of hydrogen-bond donors (Lipinski definition) is 2. The van der Waals surface area contributed by atoms with Crippen LogP contribution >= 0.6 is 50.1 Å². The number of nitrogens with two attached hydrogens (primary N) is 1. The average molecular weight is 470 g/mol. The molecule has 0 amide bonds. The number of halogens is 4. The van der Waals surface area contributed by atoms with E-state index >= 15 is 0 Å². The van der Waals surface area contributed by atoms with E-state index in [9.17, 15) is 4.39 Å². The molecule has 0 aromatic heterocycles. The van der Waals surface area contributed by atoms with Crippen molar-refractivity contribution in [2.75, 3.05) is 0 Å². The number of benzene rings is 2. The molecule has 106 valence electrons. The molecule has 0 spiro atoms. The van der Waals surface area contributed by atoms with Crippen LogP contribution in [0.15, 0.2) is 40.9 Å². The minimum absolute atomic E-state index is 0.148. The zero-order chi connectivity index (χ0) is 14.7. The average Bonchev–Trinajstić information content (AvgIpc) is 2.43. The van der Waals surface area contributed by atoms with Crippen LogP contribution in [0.5, 0.6) is 0 Å². The normalized spacial score (nSPS) is 12.4. The molecule has 1 atom stereocenters. The second-order valence-electron chi connectivity index (χ2n) is 4.30. The number of hydrogen-bond acceptors (Lipinski definition) is 2. The Kier molecular flexibility index (Phi) is 5.80. The highest BCUT2D eigenvalue weighted by molar-refractivity contribution is 14.1. The van der Waals surface area contributed by atoms with Crippen molar-refractivity contribution in [3.05, 3.63) is 66.4 Å². The van der Waals surface area contributed by atoms with Gasteiger partial charge in [0.2, 0.25) is 0 Å². The minimum Gasteiger partial charge on any atom is -0.271 e. The Morgan fingerprint density at radius 1 is 1.35 bits per heavy atom. The number of rotatable bonds is 4. The summed E-state index contributed by atoms with van der Waals surface area (Å²) in [6.07, 6.45) is 0.506. The van der Waals surface area contributed by atoms with Crippen LogP contribution in [-0.4, -0.2) is 0 Å². The van der Waals surface area contributed by atoms with E-state index in [0.29, 0.717) is 6.42 Å². The topological polar surface area (TPSA) is 38.0 Å². The quantitative estimate of drug-likeness (QED) is 0.391. The van der Waals surface area contributed by atoms with E-state index in [-0.39, 0.29) is 11.1 Å². The first-order valence-electron chi connectivity index (χ1n) is 5.87. The van der Waals surface area contributed by atoms with Crippen molar-refractivity contribution in [2.24, 2.45) is 5.84 Å². The summed E-state index contributed by atoms with van der Waals surface area (Å²) in [6.45, 7) is 0. The first-order valence-corrected chi connectivity index (χ1v) is 8.12. The Morgan fingerprint density at radius 3 is 2.80 bits per heavy atom. The SMILES string of the molecule is NNC(Cc1cccc(F)c1Cl)c1cc(I)ccc1Br. The van der Waals surface area contributed by atoms with E-state index in [4.69, 9.17) is 17.4 Å². The van der Waals surface area contributed by atoms with Gasteiger partial charge >= 0.3 is 0 Å². The molecule has 2 aromatic carbocycles. The summed E-state index contributed by atoms with van der Waals surface area (Å²) >= 11 is 11.7. The van der Waals surface area contributed by atoms with Crippen LogP contribution in [0.4, 0.5) is 4.39 Å². The summed E-state index contributed by atoms with van der Waals surface area (Å²) in [7, 11) is 0. The molecule has 0 aliphatic rings. The van der Waals surface area contributed by atoms with E-state index in [1.165, 1.54) is 6.07 Å². The molecule has 0 fully saturated rings. The maximum atomic E-state index is 13.5. The van der Waals surface area contributed by atoms with Crippen LogP contribution in [0, 0.1) is 9.39 Å². The van der Waals surface area contributed by atoms with Gasteiger partial charge in [-0.25, -0.2) is 4.39 Å². The summed E-state index contributed by atoms with van der Waals surface area (Å²) < 4.78 is 15.5. The van der Waals surface area contributed by atoms with E-state index in [1.807, 2.05) is 18.2 Å². The van der Waals surface area contributed by atoms with Crippen LogP contribution in [0.2, 0.25) is 5.02 Å². The van der Waals surface area contributed by atoms with Crippen LogP contribution in [0.1, 0.15) is 17.2 Å². The predicted octanol–water partition coefficient (Wildman–Crippen LogP) is 4.59. The molecular weight excluding hydrogens is 457 g/mol. The number of hydrazine groups is 1. The molecule has 0 bridgehead atoms. The van der Waals surface area contributed by atoms with Gasteiger partial charge in [0.15, 0.2) is 0 Å². The van der Waals surface area contributed by atoms with Gasteiger partial charge in [-0.3, -0.25) is 11.3 Å². The third-order valence-corrected chi connectivity index (χ3v) is 4.81. The smallest absolute Gasteiger partial charge is 0.142 e. The lowest BCUT2D eigenvalue weighted by Gasteiger charge is -2.19. The fourth-order valence-corrected chi connectivity index (χ4v) is 3.21. The molecule has 0 aliphatic heterocycles. The van der Waals surface area contributed by atoms with Crippen molar-refractivity contribution < 1.29 is 4.39 Å². The van der Waals surface area contributed by atoms with E-state index in [2.05, 4.69) is 43.9 Å². The van der Waals surface area contributed by atoms with Crippen LogP contribution in [-0.2, 0) is 6.42 Å². The molecule has 0 saturated carbocycles. The van der Waals surface area contributed by atoms with Gasteiger partial charge in [0.05, 0.1) is 11.1 Å². The first-order chi connectivity index (χ1) is 9.52. The molecule has 0 saturated heterocycles. The summed E-state index contributed by atoms with van der Waals surface area (Å²) in [5.41, 5.74) is 4.50. The van der Waals surface area contributed by atoms with Gasteiger partial charge in [-0.05, 0) is 64.4 Å². The Bertz CT molecular complexity index is 624. The Hall–Kier alpha value is -0.210. The summed E-state index contributed by atoms with van der Waals surface area (Å²) in [5, 5.41) is 0.148. The molecule has 2 aromatic rings. The van der Waals surface area contributed by atoms with Crippen molar-refractivity contribution in [1.82, 2.24) is 5.43 Å². The highest BCUT2D eigenvalue weighted by Gasteiger charge is 2.17. The second kappa shape index (κ2) is 7.17. The molecule has 6 heteroatoms. The zero-order valence-electron chi connectivity index (χ0n) is 10.3. The maximum absolute atomic E-state index is 13.5. The van der Waals surface area contributed by atoms with Gasteiger partial charge in [-0.1, -0.05) is 39.7 Å². The van der Waals surface area contributed by atoms with Crippen molar-refractivity contribution in [1.29, 1.82) is 0 Å². The molecule has 0 heterocycles. The van der Waals surface area contributed by atoms with Gasteiger partial charge in [0.25, 0.3) is 0 Å². The lowest BCUT2D eigenvalue weighted by Crippen LogP contribution is -2.30. The van der Waals surface area contributed by atoms with Gasteiger partial charge in [-0.2, -0.15) is 0 Å². The maximum Gasteiger partial charge on any atom is 0.142 e. The standard InChI is InChI=1S/C14H12BrClFIN2/c15-11-5-4-9(18)7-10(11)13(20-19)6-8-2-1-3-12(17)14(8)16/h1-5,7,13,20H,6,19H2. The van der Waals surface area contributed by atoms with Crippen molar-refractivity contribution in [3.8, 4) is 0 Å². The Balaban J connectivity index is 2.34. The van der Waals surface area contributed by atoms with Gasteiger partial charge in [0, 0.05) is 8.04 Å². The van der Waals surface area contributed by atoms with E-state index in [0.717, 1.165) is 19.2 Å². The molecule has 1 unspecified atom stereocenters. The van der Waals surface area contributed by atoms with Crippen LogP contribution in [0.25, 0.3) is 0 Å². The predicted molar refractivity (Wildman–Crippen MR) is 92.0 cm³/mol. The zero-order valence-corrected chi connectivity index (χ0v) is 14.8. The van der Waals surface area contributed by atoms with Gasteiger partial charge < -0.3 is 0 Å². The fraction of sp³-hybridized carbons (Fsp3) is 0.143. The Morgan fingerprint density at radius 2 is 2.10 bits per heavy atom. The van der Waals surface area contributed by atoms with Crippen molar-refractivity contribution in [2.45, 2.75) is 12.5 Å². The van der Waals surface area contributed by atoms with Gasteiger partial charge in [0.1, 0.15) is 5.82 Å². The van der Waals surface area contributed by atoms with Crippen LogP contribution < -0.4 is 11.3 Å². The summed E-state index contributed by atoms with van der Waals surface area (Å²) in [4.78, 5) is 0. The largest absolute Gasteiger partial charge is 0.271 e. The van der Waals surface area contributed by atoms with E-state index < -0.39 is 5.82 Å². The lowest BCUT2D eigenvalue weighted by atomic mass is 9.99. The first kappa shape index (κ1) is 16.2. The molecule has 2 nitrogen and oxygen atoms in total. The summed E-state index contributed by atoms with van der Waals surface area (Å²) in [6, 6.07) is 10.6.